The monoisotopic (exact) mass is 293 g/mol. The zero-order valence-electron chi connectivity index (χ0n) is 6.96. The number of pyridine rings is 1. The van der Waals surface area contributed by atoms with Crippen LogP contribution in [0.5, 0.6) is 5.88 Å². The van der Waals surface area contributed by atoms with Crippen LogP contribution < -0.4 is 4.74 Å². The van der Waals surface area contributed by atoms with Crippen LogP contribution in [-0.4, -0.2) is 11.6 Å². The van der Waals surface area contributed by atoms with Gasteiger partial charge in [-0.15, -0.1) is 0 Å². The molecule has 1 aliphatic carbocycles. The molecule has 70 valence electrons. The molecule has 2 rings (SSSR count). The fourth-order valence-corrected chi connectivity index (χ4v) is 1.27. The minimum atomic E-state index is -0.450. The number of rotatable bonds is 3. The van der Waals surface area contributed by atoms with E-state index in [9.17, 15) is 4.39 Å². The van der Waals surface area contributed by atoms with E-state index in [-0.39, 0.29) is 0 Å². The maximum absolute atomic E-state index is 12.9. The lowest BCUT2D eigenvalue weighted by molar-refractivity contribution is 0.284. The van der Waals surface area contributed by atoms with Crippen molar-refractivity contribution in [1.29, 1.82) is 0 Å². The minimum Gasteiger partial charge on any atom is -0.477 e. The summed E-state index contributed by atoms with van der Waals surface area (Å²) in [6, 6.07) is 3.37. The van der Waals surface area contributed by atoms with Crippen LogP contribution in [0.3, 0.4) is 0 Å². The fraction of sp³-hybridized carbons (Fsp3) is 0.444. The number of hydrogen-bond donors (Lipinski definition) is 0. The van der Waals surface area contributed by atoms with Crippen molar-refractivity contribution in [2.24, 2.45) is 5.92 Å². The molecule has 1 aliphatic rings. The molecule has 1 aromatic heterocycles. The minimum absolute atomic E-state index is 0.393. The smallest absolute Gasteiger partial charge is 0.229 e. The van der Waals surface area contributed by atoms with Gasteiger partial charge in [-0.05, 0) is 47.4 Å². The third-order valence-corrected chi connectivity index (χ3v) is 2.75. The van der Waals surface area contributed by atoms with E-state index in [1.807, 2.05) is 22.6 Å². The quantitative estimate of drug-likeness (QED) is 0.631. The van der Waals surface area contributed by atoms with Crippen LogP contribution >= 0.6 is 22.6 Å². The summed E-state index contributed by atoms with van der Waals surface area (Å²) in [5.41, 5.74) is 0. The molecule has 0 spiro atoms. The predicted molar refractivity (Wildman–Crippen MR) is 55.1 cm³/mol. The van der Waals surface area contributed by atoms with Crippen molar-refractivity contribution in [1.82, 2.24) is 4.98 Å². The summed E-state index contributed by atoms with van der Waals surface area (Å²) in [5.74, 6) is 0.614. The normalized spacial score (nSPS) is 15.8. The molecule has 13 heavy (non-hydrogen) atoms. The summed E-state index contributed by atoms with van der Waals surface area (Å²) in [6.07, 6.45) is 2.46. The van der Waals surface area contributed by atoms with Crippen LogP contribution in [-0.2, 0) is 0 Å². The molecule has 0 amide bonds. The number of halogens is 2. The molecule has 1 aromatic rings. The van der Waals surface area contributed by atoms with Crippen LogP contribution in [0.25, 0.3) is 0 Å². The third-order valence-electron chi connectivity index (χ3n) is 1.94. The van der Waals surface area contributed by atoms with Crippen molar-refractivity contribution in [3.8, 4) is 5.88 Å². The van der Waals surface area contributed by atoms with Gasteiger partial charge in [0.25, 0.3) is 0 Å². The topological polar surface area (TPSA) is 22.1 Å². The Morgan fingerprint density at radius 1 is 1.54 bits per heavy atom. The summed E-state index contributed by atoms with van der Waals surface area (Å²) < 4.78 is 18.8. The summed E-state index contributed by atoms with van der Waals surface area (Å²) in [5, 5.41) is 0. The molecule has 0 bridgehead atoms. The zero-order valence-corrected chi connectivity index (χ0v) is 9.12. The molecule has 1 fully saturated rings. The van der Waals surface area contributed by atoms with Gasteiger partial charge in [0, 0.05) is 6.07 Å². The van der Waals surface area contributed by atoms with Gasteiger partial charge in [0.2, 0.25) is 11.8 Å². The van der Waals surface area contributed by atoms with Gasteiger partial charge in [0.1, 0.15) is 0 Å². The molecule has 1 saturated carbocycles. The van der Waals surface area contributed by atoms with Crippen LogP contribution in [0.2, 0.25) is 0 Å². The summed E-state index contributed by atoms with van der Waals surface area (Å²) in [4.78, 5) is 3.68. The molecule has 4 heteroatoms. The van der Waals surface area contributed by atoms with Crippen molar-refractivity contribution < 1.29 is 9.13 Å². The second-order valence-electron chi connectivity index (χ2n) is 3.18. The van der Waals surface area contributed by atoms with Gasteiger partial charge in [0.05, 0.1) is 10.2 Å². The van der Waals surface area contributed by atoms with Crippen LogP contribution in [0, 0.1) is 15.4 Å². The number of nitrogens with zero attached hydrogens (tertiary/aromatic N) is 1. The van der Waals surface area contributed by atoms with Gasteiger partial charge in [0.15, 0.2) is 0 Å². The number of aromatic nitrogens is 1. The van der Waals surface area contributed by atoms with E-state index in [0.717, 1.165) is 0 Å². The first kappa shape index (κ1) is 9.18. The Kier molecular flexibility index (Phi) is 2.66. The highest BCUT2D eigenvalue weighted by Crippen LogP contribution is 2.29. The van der Waals surface area contributed by atoms with E-state index >= 15 is 0 Å². The number of ether oxygens (including phenoxy) is 1. The SMILES string of the molecule is Fc1nc(OCC2CC2)ccc1I. The first-order valence-corrected chi connectivity index (χ1v) is 5.28. The van der Waals surface area contributed by atoms with E-state index < -0.39 is 5.95 Å². The highest BCUT2D eigenvalue weighted by molar-refractivity contribution is 14.1. The third kappa shape index (κ3) is 2.52. The van der Waals surface area contributed by atoms with E-state index in [2.05, 4.69) is 4.98 Å². The fourth-order valence-electron chi connectivity index (χ4n) is 0.969. The van der Waals surface area contributed by atoms with E-state index in [0.29, 0.717) is 22.0 Å². The summed E-state index contributed by atoms with van der Waals surface area (Å²) >= 11 is 1.90. The highest BCUT2D eigenvalue weighted by atomic mass is 127. The lowest BCUT2D eigenvalue weighted by Crippen LogP contribution is -2.02. The van der Waals surface area contributed by atoms with Gasteiger partial charge in [-0.25, -0.2) is 0 Å². The standard InChI is InChI=1S/C9H9FINO/c10-9-7(11)3-4-8(12-9)13-5-6-1-2-6/h3-4,6H,1-2,5H2. The van der Waals surface area contributed by atoms with Gasteiger partial charge in [-0.2, -0.15) is 9.37 Å². The van der Waals surface area contributed by atoms with Gasteiger partial charge < -0.3 is 4.74 Å². The van der Waals surface area contributed by atoms with Crippen LogP contribution in [0.4, 0.5) is 4.39 Å². The first-order chi connectivity index (χ1) is 6.25. The van der Waals surface area contributed by atoms with Gasteiger partial charge in [-0.3, -0.25) is 0 Å². The molecule has 0 aliphatic heterocycles. The Hall–Kier alpha value is -0.390. The maximum Gasteiger partial charge on any atom is 0.229 e. The Bertz CT molecular complexity index is 314. The molecule has 1 heterocycles. The average molecular weight is 293 g/mol. The van der Waals surface area contributed by atoms with E-state index in [1.54, 1.807) is 12.1 Å². The Balaban J connectivity index is 1.98. The molecule has 0 unspecified atom stereocenters. The zero-order chi connectivity index (χ0) is 9.26. The van der Waals surface area contributed by atoms with Crippen LogP contribution in [0.1, 0.15) is 12.8 Å². The summed E-state index contributed by atoms with van der Waals surface area (Å²) in [7, 11) is 0. The largest absolute Gasteiger partial charge is 0.477 e. The van der Waals surface area contributed by atoms with Crippen molar-refractivity contribution in [3.63, 3.8) is 0 Å². The Labute approximate surface area is 89.6 Å². The van der Waals surface area contributed by atoms with E-state index in [4.69, 9.17) is 4.74 Å². The van der Waals surface area contributed by atoms with Crippen molar-refractivity contribution in [2.75, 3.05) is 6.61 Å². The highest BCUT2D eigenvalue weighted by Gasteiger charge is 2.22. The molecular formula is C9H9FINO. The molecule has 0 aromatic carbocycles. The molecule has 0 radical (unpaired) electrons. The summed E-state index contributed by atoms with van der Waals surface area (Å²) in [6.45, 7) is 0.674. The van der Waals surface area contributed by atoms with Crippen LogP contribution in [0.15, 0.2) is 12.1 Å². The first-order valence-electron chi connectivity index (χ1n) is 4.20. The molecule has 0 N–H and O–H groups in total. The Morgan fingerprint density at radius 3 is 2.92 bits per heavy atom. The maximum atomic E-state index is 12.9. The van der Waals surface area contributed by atoms with Crippen molar-refractivity contribution >= 4 is 22.6 Å². The lowest BCUT2D eigenvalue weighted by Gasteiger charge is -2.03. The predicted octanol–water partition coefficient (Wildman–Crippen LogP) is 2.61. The van der Waals surface area contributed by atoms with Crippen molar-refractivity contribution in [2.45, 2.75) is 12.8 Å². The molecule has 2 nitrogen and oxygen atoms in total. The van der Waals surface area contributed by atoms with Gasteiger partial charge >= 0.3 is 0 Å². The van der Waals surface area contributed by atoms with Crippen molar-refractivity contribution in [3.05, 3.63) is 21.7 Å². The Morgan fingerprint density at radius 2 is 2.31 bits per heavy atom. The number of hydrogen-bond acceptors (Lipinski definition) is 2. The second-order valence-corrected chi connectivity index (χ2v) is 4.34. The lowest BCUT2D eigenvalue weighted by atomic mass is 10.4. The molecule has 0 saturated heterocycles. The second kappa shape index (κ2) is 3.77. The average Bonchev–Trinajstić information content (AvgIpc) is 2.91. The van der Waals surface area contributed by atoms with Gasteiger partial charge in [-0.1, -0.05) is 0 Å². The molecule has 0 atom stereocenters. The molecular weight excluding hydrogens is 284 g/mol. The van der Waals surface area contributed by atoms with E-state index in [1.165, 1.54) is 12.8 Å².